The topological polar surface area (TPSA) is 53.7 Å². The molecule has 0 aliphatic heterocycles. The van der Waals surface area contributed by atoms with Crippen LogP contribution in [0.1, 0.15) is 22.2 Å². The third-order valence-electron chi connectivity index (χ3n) is 3.18. The largest absolute Gasteiger partial charge is 0.493 e. The summed E-state index contributed by atoms with van der Waals surface area (Å²) < 4.78 is 16.7. The molecule has 0 unspecified atom stereocenters. The van der Waals surface area contributed by atoms with Crippen molar-refractivity contribution in [3.8, 4) is 17.2 Å². The molecule has 5 heteroatoms. The van der Waals surface area contributed by atoms with Crippen molar-refractivity contribution < 1.29 is 14.2 Å². The lowest BCUT2D eigenvalue weighted by atomic mass is 10.2. The normalized spacial score (nSPS) is 10.5. The zero-order valence-corrected chi connectivity index (χ0v) is 13.5. The second-order valence-corrected chi connectivity index (χ2v) is 5.80. The lowest BCUT2D eigenvalue weighted by Crippen LogP contribution is -2.02. The van der Waals surface area contributed by atoms with E-state index in [0.29, 0.717) is 30.4 Å². The van der Waals surface area contributed by atoms with Crippen molar-refractivity contribution in [2.24, 2.45) is 5.73 Å². The van der Waals surface area contributed by atoms with E-state index in [1.807, 2.05) is 12.1 Å². The number of benzene rings is 1. The highest BCUT2D eigenvalue weighted by atomic mass is 32.1. The highest BCUT2D eigenvalue weighted by Gasteiger charge is 2.14. The molecule has 0 saturated carbocycles. The third kappa shape index (κ3) is 3.68. The van der Waals surface area contributed by atoms with E-state index in [1.54, 1.807) is 25.6 Å². The lowest BCUT2D eigenvalue weighted by molar-refractivity contribution is 0.268. The summed E-state index contributed by atoms with van der Waals surface area (Å²) in [6.07, 6.45) is 1.04. The van der Waals surface area contributed by atoms with Gasteiger partial charge in [-0.2, -0.15) is 0 Å². The van der Waals surface area contributed by atoms with Crippen molar-refractivity contribution in [3.05, 3.63) is 39.6 Å². The van der Waals surface area contributed by atoms with E-state index in [9.17, 15) is 0 Å². The molecule has 0 fully saturated rings. The van der Waals surface area contributed by atoms with Crippen LogP contribution in [0.4, 0.5) is 0 Å². The predicted molar refractivity (Wildman–Crippen MR) is 85.5 cm³/mol. The number of methoxy groups -OCH3 is 2. The first-order valence-electron chi connectivity index (χ1n) is 6.87. The zero-order valence-electron chi connectivity index (χ0n) is 12.6. The Morgan fingerprint density at radius 2 is 1.67 bits per heavy atom. The number of hydrogen-bond donors (Lipinski definition) is 1. The number of hydrogen-bond acceptors (Lipinski definition) is 5. The molecule has 0 aliphatic carbocycles. The standard InChI is InChI=1S/C16H21NO3S/c1-4-12-5-6-13(21-12)10-20-16-14(18-2)7-11(9-17)8-15(16)19-3/h5-8H,4,9-10,17H2,1-3H3. The van der Waals surface area contributed by atoms with Crippen LogP contribution in [0.25, 0.3) is 0 Å². The van der Waals surface area contributed by atoms with Gasteiger partial charge in [0.05, 0.1) is 14.2 Å². The van der Waals surface area contributed by atoms with E-state index in [4.69, 9.17) is 19.9 Å². The number of nitrogens with two attached hydrogens (primary N) is 1. The summed E-state index contributed by atoms with van der Waals surface area (Å²) in [5.74, 6) is 1.90. The summed E-state index contributed by atoms with van der Waals surface area (Å²) in [6, 6.07) is 7.99. The fourth-order valence-corrected chi connectivity index (χ4v) is 2.90. The van der Waals surface area contributed by atoms with Gasteiger partial charge in [0.15, 0.2) is 11.5 Å². The van der Waals surface area contributed by atoms with Crippen LogP contribution in [0.5, 0.6) is 17.2 Å². The molecular weight excluding hydrogens is 286 g/mol. The van der Waals surface area contributed by atoms with Gasteiger partial charge in [0.25, 0.3) is 0 Å². The van der Waals surface area contributed by atoms with Gasteiger partial charge in [-0.3, -0.25) is 0 Å². The second kappa shape index (κ2) is 7.33. The van der Waals surface area contributed by atoms with Crippen LogP contribution in [-0.2, 0) is 19.6 Å². The monoisotopic (exact) mass is 307 g/mol. The van der Waals surface area contributed by atoms with Gasteiger partial charge < -0.3 is 19.9 Å². The van der Waals surface area contributed by atoms with Crippen LogP contribution in [0.2, 0.25) is 0 Å². The fraction of sp³-hybridized carbons (Fsp3) is 0.375. The molecule has 21 heavy (non-hydrogen) atoms. The van der Waals surface area contributed by atoms with Gasteiger partial charge in [0, 0.05) is 16.3 Å². The van der Waals surface area contributed by atoms with Gasteiger partial charge >= 0.3 is 0 Å². The van der Waals surface area contributed by atoms with Crippen molar-refractivity contribution in [3.63, 3.8) is 0 Å². The summed E-state index contributed by atoms with van der Waals surface area (Å²) in [4.78, 5) is 2.53. The maximum absolute atomic E-state index is 5.91. The Morgan fingerprint density at radius 3 is 2.14 bits per heavy atom. The van der Waals surface area contributed by atoms with Crippen molar-refractivity contribution >= 4 is 11.3 Å². The van der Waals surface area contributed by atoms with Crippen LogP contribution in [0.3, 0.4) is 0 Å². The van der Waals surface area contributed by atoms with Gasteiger partial charge in [-0.15, -0.1) is 11.3 Å². The maximum atomic E-state index is 5.91. The molecule has 0 spiro atoms. The summed E-state index contributed by atoms with van der Waals surface area (Å²) in [5, 5.41) is 0. The van der Waals surface area contributed by atoms with Crippen LogP contribution < -0.4 is 19.9 Å². The van der Waals surface area contributed by atoms with Crippen LogP contribution in [0, 0.1) is 0 Å². The van der Waals surface area contributed by atoms with Gasteiger partial charge in [-0.05, 0) is 36.2 Å². The van der Waals surface area contributed by atoms with Crippen molar-refractivity contribution in [2.75, 3.05) is 14.2 Å². The van der Waals surface area contributed by atoms with E-state index >= 15 is 0 Å². The van der Waals surface area contributed by atoms with Crippen LogP contribution >= 0.6 is 11.3 Å². The first-order valence-corrected chi connectivity index (χ1v) is 7.68. The SMILES string of the molecule is CCc1ccc(COc2c(OC)cc(CN)cc2OC)s1. The van der Waals surface area contributed by atoms with Crippen molar-refractivity contribution in [1.29, 1.82) is 0 Å². The molecule has 0 bridgehead atoms. The van der Waals surface area contributed by atoms with Crippen LogP contribution in [0.15, 0.2) is 24.3 Å². The van der Waals surface area contributed by atoms with E-state index in [0.717, 1.165) is 12.0 Å². The lowest BCUT2D eigenvalue weighted by Gasteiger charge is -2.15. The molecule has 0 saturated heterocycles. The average Bonchev–Trinajstić information content (AvgIpc) is 2.99. The van der Waals surface area contributed by atoms with Gasteiger partial charge in [0.1, 0.15) is 6.61 Å². The van der Waals surface area contributed by atoms with E-state index in [1.165, 1.54) is 9.75 Å². The molecule has 1 aromatic carbocycles. The molecular formula is C16H21NO3S. The smallest absolute Gasteiger partial charge is 0.203 e. The molecule has 2 N–H and O–H groups in total. The Hall–Kier alpha value is -1.72. The molecule has 0 atom stereocenters. The quantitative estimate of drug-likeness (QED) is 0.852. The third-order valence-corrected chi connectivity index (χ3v) is 4.38. The molecule has 0 radical (unpaired) electrons. The van der Waals surface area contributed by atoms with E-state index in [-0.39, 0.29) is 0 Å². The molecule has 114 valence electrons. The van der Waals surface area contributed by atoms with Crippen molar-refractivity contribution in [1.82, 2.24) is 0 Å². The Bertz CT molecular complexity index is 570. The Labute approximate surface area is 129 Å². The van der Waals surface area contributed by atoms with E-state index in [2.05, 4.69) is 19.1 Å². The molecule has 1 heterocycles. The molecule has 4 nitrogen and oxygen atoms in total. The zero-order chi connectivity index (χ0) is 15.2. The molecule has 0 aliphatic rings. The summed E-state index contributed by atoms with van der Waals surface area (Å²) in [6.45, 7) is 3.07. The first-order chi connectivity index (χ1) is 10.2. The molecule has 2 aromatic rings. The summed E-state index contributed by atoms with van der Waals surface area (Å²) in [5.41, 5.74) is 6.62. The summed E-state index contributed by atoms with van der Waals surface area (Å²) in [7, 11) is 3.23. The number of ether oxygens (including phenoxy) is 3. The van der Waals surface area contributed by atoms with Crippen molar-refractivity contribution in [2.45, 2.75) is 26.5 Å². The highest BCUT2D eigenvalue weighted by Crippen LogP contribution is 2.39. The second-order valence-electron chi connectivity index (χ2n) is 4.54. The Balaban J connectivity index is 2.21. The van der Waals surface area contributed by atoms with Gasteiger partial charge in [-0.1, -0.05) is 6.92 Å². The fourth-order valence-electron chi connectivity index (χ4n) is 2.03. The number of rotatable bonds is 7. The predicted octanol–water partition coefficient (Wildman–Crippen LogP) is 3.37. The maximum Gasteiger partial charge on any atom is 0.203 e. The van der Waals surface area contributed by atoms with E-state index < -0.39 is 0 Å². The molecule has 2 rings (SSSR count). The number of aryl methyl sites for hydroxylation is 1. The minimum absolute atomic E-state index is 0.428. The Morgan fingerprint density at radius 1 is 1.05 bits per heavy atom. The minimum atomic E-state index is 0.428. The molecule has 0 amide bonds. The first kappa shape index (κ1) is 15.7. The van der Waals surface area contributed by atoms with Crippen LogP contribution in [-0.4, -0.2) is 14.2 Å². The minimum Gasteiger partial charge on any atom is -0.493 e. The number of thiophene rings is 1. The Kier molecular flexibility index (Phi) is 5.47. The average molecular weight is 307 g/mol. The highest BCUT2D eigenvalue weighted by molar-refractivity contribution is 7.11. The van der Waals surface area contributed by atoms with Gasteiger partial charge in [-0.25, -0.2) is 0 Å². The summed E-state index contributed by atoms with van der Waals surface area (Å²) >= 11 is 1.76. The van der Waals surface area contributed by atoms with Gasteiger partial charge in [0.2, 0.25) is 5.75 Å². The molecule has 1 aromatic heterocycles.